The zero-order valence-electron chi connectivity index (χ0n) is 12.0. The minimum Gasteiger partial charge on any atom is -0.389 e. The van der Waals surface area contributed by atoms with Crippen molar-refractivity contribution in [3.63, 3.8) is 0 Å². The number of urea groups is 1. The fourth-order valence-electron chi connectivity index (χ4n) is 1.74. The quantitative estimate of drug-likeness (QED) is 0.778. The van der Waals surface area contributed by atoms with Gasteiger partial charge in [-0.3, -0.25) is 0 Å². The molecule has 0 aliphatic heterocycles. The summed E-state index contributed by atoms with van der Waals surface area (Å²) in [7, 11) is 1.64. The average Bonchev–Trinajstić information content (AvgIpc) is 2.27. The molecule has 0 fully saturated rings. The van der Waals surface area contributed by atoms with Gasteiger partial charge >= 0.3 is 6.03 Å². The van der Waals surface area contributed by atoms with Crippen molar-refractivity contribution in [1.29, 1.82) is 0 Å². The number of hydrogen-bond acceptors (Lipinski definition) is 3. The molecule has 0 aliphatic rings. The van der Waals surface area contributed by atoms with E-state index in [9.17, 15) is 9.90 Å². The molecule has 5 nitrogen and oxygen atoms in total. The van der Waals surface area contributed by atoms with Crippen LogP contribution in [0.1, 0.15) is 32.4 Å². The molecule has 0 heterocycles. The fourth-order valence-corrected chi connectivity index (χ4v) is 1.74. The van der Waals surface area contributed by atoms with Crippen molar-refractivity contribution in [2.75, 3.05) is 18.9 Å². The molecule has 1 rings (SSSR count). The van der Waals surface area contributed by atoms with Crippen molar-refractivity contribution in [2.24, 2.45) is 5.73 Å². The first-order chi connectivity index (χ1) is 8.69. The number of carbonyl (C=O) groups excluding carboxylic acids is 1. The van der Waals surface area contributed by atoms with Gasteiger partial charge in [0.25, 0.3) is 0 Å². The zero-order chi connectivity index (χ0) is 14.6. The van der Waals surface area contributed by atoms with Crippen LogP contribution in [-0.4, -0.2) is 35.2 Å². The summed E-state index contributed by atoms with van der Waals surface area (Å²) in [6.07, 6.45) is 0. The Kier molecular flexibility index (Phi) is 4.91. The smallest absolute Gasteiger partial charge is 0.321 e. The van der Waals surface area contributed by atoms with Crippen LogP contribution in [0.15, 0.2) is 24.3 Å². The first kappa shape index (κ1) is 15.5. The number of nitrogens with one attached hydrogen (secondary N) is 1. The van der Waals surface area contributed by atoms with E-state index in [1.54, 1.807) is 20.9 Å². The Morgan fingerprint density at radius 3 is 2.37 bits per heavy atom. The molecule has 1 unspecified atom stereocenters. The van der Waals surface area contributed by atoms with Crippen molar-refractivity contribution in [2.45, 2.75) is 32.4 Å². The molecule has 0 saturated carbocycles. The highest BCUT2D eigenvalue weighted by Crippen LogP contribution is 2.14. The SMILES string of the molecule is CC(N)c1ccc(NC(=O)N(C)CC(C)(C)O)cc1. The third kappa shape index (κ3) is 5.28. The van der Waals surface area contributed by atoms with Crippen molar-refractivity contribution >= 4 is 11.7 Å². The molecule has 1 aromatic carbocycles. The Hall–Kier alpha value is -1.59. The lowest BCUT2D eigenvalue weighted by Crippen LogP contribution is -2.41. The Morgan fingerprint density at radius 2 is 1.95 bits per heavy atom. The lowest BCUT2D eigenvalue weighted by molar-refractivity contribution is 0.0550. The van der Waals surface area contributed by atoms with E-state index in [1.807, 2.05) is 31.2 Å². The first-order valence-corrected chi connectivity index (χ1v) is 6.29. The summed E-state index contributed by atoms with van der Waals surface area (Å²) in [6.45, 7) is 5.49. The molecule has 1 atom stereocenters. The third-order valence-electron chi connectivity index (χ3n) is 2.66. The number of carbonyl (C=O) groups is 1. The third-order valence-corrected chi connectivity index (χ3v) is 2.66. The normalized spacial score (nSPS) is 12.9. The second kappa shape index (κ2) is 6.04. The van der Waals surface area contributed by atoms with Gasteiger partial charge in [0.15, 0.2) is 0 Å². The Morgan fingerprint density at radius 1 is 1.42 bits per heavy atom. The van der Waals surface area contributed by atoms with E-state index in [0.717, 1.165) is 5.56 Å². The summed E-state index contributed by atoms with van der Waals surface area (Å²) in [4.78, 5) is 13.3. The van der Waals surface area contributed by atoms with E-state index in [-0.39, 0.29) is 18.6 Å². The minimum atomic E-state index is -0.912. The number of rotatable bonds is 4. The molecule has 0 bridgehead atoms. The van der Waals surface area contributed by atoms with Crippen LogP contribution in [0.5, 0.6) is 0 Å². The molecule has 0 aliphatic carbocycles. The van der Waals surface area contributed by atoms with Crippen molar-refractivity contribution in [1.82, 2.24) is 4.90 Å². The standard InChI is InChI=1S/C14H23N3O2/c1-10(15)11-5-7-12(8-6-11)16-13(18)17(4)9-14(2,3)19/h5-8,10,19H,9,15H2,1-4H3,(H,16,18). The van der Waals surface area contributed by atoms with Crippen LogP contribution in [0.2, 0.25) is 0 Å². The highest BCUT2D eigenvalue weighted by atomic mass is 16.3. The van der Waals surface area contributed by atoms with Gasteiger partial charge in [0.05, 0.1) is 12.1 Å². The molecule has 0 saturated heterocycles. The number of hydrogen-bond donors (Lipinski definition) is 3. The lowest BCUT2D eigenvalue weighted by Gasteiger charge is -2.25. The number of benzene rings is 1. The molecule has 0 aromatic heterocycles. The van der Waals surface area contributed by atoms with Crippen LogP contribution in [0.3, 0.4) is 0 Å². The summed E-state index contributed by atoms with van der Waals surface area (Å²) in [6, 6.07) is 7.12. The summed E-state index contributed by atoms with van der Waals surface area (Å²) < 4.78 is 0. The van der Waals surface area contributed by atoms with Crippen LogP contribution in [0.25, 0.3) is 0 Å². The van der Waals surface area contributed by atoms with Gasteiger partial charge in [0.2, 0.25) is 0 Å². The van der Waals surface area contributed by atoms with E-state index < -0.39 is 5.60 Å². The molecule has 0 radical (unpaired) electrons. The van der Waals surface area contributed by atoms with Crippen molar-refractivity contribution in [3.05, 3.63) is 29.8 Å². The molecular weight excluding hydrogens is 242 g/mol. The largest absolute Gasteiger partial charge is 0.389 e. The second-order valence-corrected chi connectivity index (χ2v) is 5.51. The van der Waals surface area contributed by atoms with Crippen LogP contribution in [0, 0.1) is 0 Å². The van der Waals surface area contributed by atoms with Gasteiger partial charge in [-0.2, -0.15) is 0 Å². The monoisotopic (exact) mass is 265 g/mol. The van der Waals surface area contributed by atoms with E-state index >= 15 is 0 Å². The number of amides is 2. The fraction of sp³-hybridized carbons (Fsp3) is 0.500. The first-order valence-electron chi connectivity index (χ1n) is 6.29. The van der Waals surface area contributed by atoms with Gasteiger partial charge in [0, 0.05) is 18.8 Å². The van der Waals surface area contributed by atoms with Crippen LogP contribution >= 0.6 is 0 Å². The van der Waals surface area contributed by atoms with Crippen LogP contribution < -0.4 is 11.1 Å². The number of aliphatic hydroxyl groups is 1. The van der Waals surface area contributed by atoms with Gasteiger partial charge in [0.1, 0.15) is 0 Å². The maximum atomic E-state index is 11.9. The summed E-state index contributed by atoms with van der Waals surface area (Å²) in [5.41, 5.74) is 6.57. The van der Waals surface area contributed by atoms with Crippen LogP contribution in [-0.2, 0) is 0 Å². The number of anilines is 1. The zero-order valence-corrected chi connectivity index (χ0v) is 12.0. The van der Waals surface area contributed by atoms with Gasteiger partial charge in [-0.25, -0.2) is 4.79 Å². The highest BCUT2D eigenvalue weighted by Gasteiger charge is 2.19. The van der Waals surface area contributed by atoms with Gasteiger partial charge in [-0.15, -0.1) is 0 Å². The van der Waals surface area contributed by atoms with Crippen molar-refractivity contribution in [3.8, 4) is 0 Å². The summed E-state index contributed by atoms with van der Waals surface area (Å²) in [5, 5.41) is 12.4. The van der Waals surface area contributed by atoms with Crippen LogP contribution in [0.4, 0.5) is 10.5 Å². The molecular formula is C14H23N3O2. The number of nitrogens with two attached hydrogens (primary N) is 1. The number of likely N-dealkylation sites (N-methyl/N-ethyl adjacent to an activating group) is 1. The molecule has 0 spiro atoms. The van der Waals surface area contributed by atoms with E-state index in [1.165, 1.54) is 4.90 Å². The number of nitrogens with zero attached hydrogens (tertiary/aromatic N) is 1. The molecule has 106 valence electrons. The Labute approximate surface area is 114 Å². The van der Waals surface area contributed by atoms with Crippen molar-refractivity contribution < 1.29 is 9.90 Å². The Bertz CT molecular complexity index is 421. The van der Waals surface area contributed by atoms with E-state index in [2.05, 4.69) is 5.32 Å². The highest BCUT2D eigenvalue weighted by molar-refractivity contribution is 5.89. The average molecular weight is 265 g/mol. The van der Waals surface area contributed by atoms with E-state index in [4.69, 9.17) is 5.73 Å². The maximum Gasteiger partial charge on any atom is 0.321 e. The second-order valence-electron chi connectivity index (χ2n) is 5.51. The topological polar surface area (TPSA) is 78.6 Å². The summed E-state index contributed by atoms with van der Waals surface area (Å²) in [5.74, 6) is 0. The predicted molar refractivity (Wildman–Crippen MR) is 77.0 cm³/mol. The minimum absolute atomic E-state index is 0.0254. The molecule has 5 heteroatoms. The summed E-state index contributed by atoms with van der Waals surface area (Å²) >= 11 is 0. The predicted octanol–water partition coefficient (Wildman–Crippen LogP) is 1.94. The van der Waals surface area contributed by atoms with E-state index in [0.29, 0.717) is 5.69 Å². The molecule has 4 N–H and O–H groups in total. The van der Waals surface area contributed by atoms with Gasteiger partial charge in [-0.05, 0) is 38.5 Å². The van der Waals surface area contributed by atoms with Gasteiger partial charge < -0.3 is 21.1 Å². The Balaban J connectivity index is 2.61. The van der Waals surface area contributed by atoms with Gasteiger partial charge in [-0.1, -0.05) is 12.1 Å². The molecule has 2 amide bonds. The lowest BCUT2D eigenvalue weighted by atomic mass is 10.1. The molecule has 19 heavy (non-hydrogen) atoms. The molecule has 1 aromatic rings. The maximum absolute atomic E-state index is 11.9.